The Hall–Kier alpha value is -3.55. The molecule has 0 fully saturated rings. The first-order chi connectivity index (χ1) is 13.1. The predicted molar refractivity (Wildman–Crippen MR) is 97.5 cm³/mol. The number of imidazole rings is 1. The number of aromatic amines is 1. The fourth-order valence-corrected chi connectivity index (χ4v) is 2.84. The molecule has 8 heteroatoms. The van der Waals surface area contributed by atoms with Crippen molar-refractivity contribution in [3.8, 4) is 11.5 Å². The van der Waals surface area contributed by atoms with Gasteiger partial charge in [-0.05, 0) is 37.3 Å². The second-order valence-electron chi connectivity index (χ2n) is 6.18. The summed E-state index contributed by atoms with van der Waals surface area (Å²) in [4.78, 5) is 32.0. The van der Waals surface area contributed by atoms with E-state index < -0.39 is 0 Å². The molecule has 1 atom stereocenters. The van der Waals surface area contributed by atoms with Gasteiger partial charge in [-0.1, -0.05) is 12.1 Å². The number of carbonyl (C=O) groups is 2. The summed E-state index contributed by atoms with van der Waals surface area (Å²) >= 11 is 0. The Labute approximate surface area is 154 Å². The van der Waals surface area contributed by atoms with Gasteiger partial charge in [0, 0.05) is 5.56 Å². The van der Waals surface area contributed by atoms with Gasteiger partial charge in [-0.2, -0.15) is 0 Å². The van der Waals surface area contributed by atoms with E-state index >= 15 is 0 Å². The van der Waals surface area contributed by atoms with Crippen LogP contribution in [-0.4, -0.2) is 35.1 Å². The third kappa shape index (κ3) is 3.55. The Morgan fingerprint density at radius 2 is 2.00 bits per heavy atom. The number of aromatic nitrogens is 2. The molecule has 1 aliphatic heterocycles. The van der Waals surface area contributed by atoms with Gasteiger partial charge in [-0.15, -0.1) is 0 Å². The van der Waals surface area contributed by atoms with Gasteiger partial charge in [0.2, 0.25) is 12.7 Å². The van der Waals surface area contributed by atoms with E-state index in [1.165, 1.54) is 0 Å². The first-order valence-corrected chi connectivity index (χ1v) is 8.52. The summed E-state index contributed by atoms with van der Waals surface area (Å²) < 4.78 is 10.5. The zero-order valence-corrected chi connectivity index (χ0v) is 14.6. The summed E-state index contributed by atoms with van der Waals surface area (Å²) in [5, 5.41) is 5.41. The minimum atomic E-state index is -0.361. The molecule has 2 heterocycles. The Morgan fingerprint density at radius 3 is 2.85 bits per heavy atom. The molecule has 0 spiro atoms. The molecule has 1 aromatic heterocycles. The topological polar surface area (TPSA) is 105 Å². The normalized spacial score (nSPS) is 13.4. The van der Waals surface area contributed by atoms with Crippen LogP contribution >= 0.6 is 0 Å². The number of amides is 2. The standard InChI is InChI=1S/C19H18N4O4/c1-11(18-22-13-4-2-3-5-14(13)23-18)21-17(24)9-20-19(25)12-6-7-15-16(8-12)27-10-26-15/h2-8,11H,9-10H2,1H3,(H,20,25)(H,21,24)(H,22,23)/t11-/m0/s1. The Kier molecular flexibility index (Phi) is 4.37. The van der Waals surface area contributed by atoms with E-state index in [1.807, 2.05) is 31.2 Å². The zero-order valence-electron chi connectivity index (χ0n) is 14.6. The van der Waals surface area contributed by atoms with Crippen molar-refractivity contribution in [2.75, 3.05) is 13.3 Å². The van der Waals surface area contributed by atoms with Gasteiger partial charge in [0.05, 0.1) is 23.6 Å². The zero-order chi connectivity index (χ0) is 18.8. The van der Waals surface area contributed by atoms with Crippen molar-refractivity contribution in [2.45, 2.75) is 13.0 Å². The number of ether oxygens (including phenoxy) is 2. The van der Waals surface area contributed by atoms with Gasteiger partial charge in [0.25, 0.3) is 5.91 Å². The number of benzene rings is 2. The SMILES string of the molecule is C[C@H](NC(=O)CNC(=O)c1ccc2c(c1)OCO2)c1nc2ccccc2[nH]1. The lowest BCUT2D eigenvalue weighted by Crippen LogP contribution is -2.38. The highest BCUT2D eigenvalue weighted by molar-refractivity contribution is 5.97. The van der Waals surface area contributed by atoms with E-state index in [4.69, 9.17) is 9.47 Å². The molecular weight excluding hydrogens is 348 g/mol. The van der Waals surface area contributed by atoms with Crippen molar-refractivity contribution in [2.24, 2.45) is 0 Å². The minimum Gasteiger partial charge on any atom is -0.454 e. The fraction of sp³-hybridized carbons (Fsp3) is 0.211. The van der Waals surface area contributed by atoms with Crippen LogP contribution in [0.1, 0.15) is 29.1 Å². The number of fused-ring (bicyclic) bond motifs is 2. The lowest BCUT2D eigenvalue weighted by molar-refractivity contribution is -0.120. The van der Waals surface area contributed by atoms with Crippen molar-refractivity contribution < 1.29 is 19.1 Å². The maximum atomic E-state index is 12.2. The molecule has 2 aromatic carbocycles. The highest BCUT2D eigenvalue weighted by Gasteiger charge is 2.17. The molecule has 0 radical (unpaired) electrons. The summed E-state index contributed by atoms with van der Waals surface area (Å²) in [6, 6.07) is 12.2. The minimum absolute atomic E-state index is 0.141. The highest BCUT2D eigenvalue weighted by atomic mass is 16.7. The number of rotatable bonds is 5. The van der Waals surface area contributed by atoms with Gasteiger partial charge in [-0.3, -0.25) is 9.59 Å². The average molecular weight is 366 g/mol. The fourth-order valence-electron chi connectivity index (χ4n) is 2.84. The second-order valence-corrected chi connectivity index (χ2v) is 6.18. The molecule has 0 bridgehead atoms. The number of nitrogens with zero attached hydrogens (tertiary/aromatic N) is 1. The van der Waals surface area contributed by atoms with Crippen LogP contribution in [0.15, 0.2) is 42.5 Å². The number of hydrogen-bond acceptors (Lipinski definition) is 5. The van der Waals surface area contributed by atoms with Gasteiger partial charge in [0.1, 0.15) is 5.82 Å². The van der Waals surface area contributed by atoms with Crippen LogP contribution in [-0.2, 0) is 4.79 Å². The average Bonchev–Trinajstić information content (AvgIpc) is 3.31. The lowest BCUT2D eigenvalue weighted by Gasteiger charge is -2.12. The Morgan fingerprint density at radius 1 is 1.19 bits per heavy atom. The van der Waals surface area contributed by atoms with E-state index in [2.05, 4.69) is 20.6 Å². The Bertz CT molecular complexity index is 981. The van der Waals surface area contributed by atoms with Gasteiger partial charge >= 0.3 is 0 Å². The molecule has 138 valence electrons. The van der Waals surface area contributed by atoms with Crippen molar-refractivity contribution in [1.29, 1.82) is 0 Å². The van der Waals surface area contributed by atoms with Crippen LogP contribution < -0.4 is 20.1 Å². The van der Waals surface area contributed by atoms with Crippen LogP contribution in [0.3, 0.4) is 0 Å². The molecule has 3 N–H and O–H groups in total. The Balaban J connectivity index is 1.33. The van der Waals surface area contributed by atoms with Crippen molar-refractivity contribution in [3.63, 3.8) is 0 Å². The number of hydrogen-bond donors (Lipinski definition) is 3. The highest BCUT2D eigenvalue weighted by Crippen LogP contribution is 2.32. The maximum absolute atomic E-state index is 12.2. The third-order valence-corrected chi connectivity index (χ3v) is 4.24. The largest absolute Gasteiger partial charge is 0.454 e. The number of H-pyrrole nitrogens is 1. The maximum Gasteiger partial charge on any atom is 0.251 e. The summed E-state index contributed by atoms with van der Waals surface area (Å²) in [7, 11) is 0. The molecule has 0 saturated carbocycles. The monoisotopic (exact) mass is 366 g/mol. The molecule has 2 amide bonds. The van der Waals surface area contributed by atoms with Crippen molar-refractivity contribution >= 4 is 22.8 Å². The molecule has 0 saturated heterocycles. The van der Waals surface area contributed by atoms with E-state index in [-0.39, 0.29) is 31.2 Å². The van der Waals surface area contributed by atoms with Crippen LogP contribution in [0.4, 0.5) is 0 Å². The summed E-state index contributed by atoms with van der Waals surface area (Å²) in [6.07, 6.45) is 0. The molecule has 27 heavy (non-hydrogen) atoms. The van der Waals surface area contributed by atoms with Crippen molar-refractivity contribution in [3.05, 3.63) is 53.9 Å². The molecule has 8 nitrogen and oxygen atoms in total. The number of nitrogens with one attached hydrogen (secondary N) is 3. The second kappa shape index (κ2) is 6.99. The lowest BCUT2D eigenvalue weighted by atomic mass is 10.2. The van der Waals surface area contributed by atoms with Crippen molar-refractivity contribution in [1.82, 2.24) is 20.6 Å². The third-order valence-electron chi connectivity index (χ3n) is 4.24. The van der Waals surface area contributed by atoms with E-state index in [9.17, 15) is 9.59 Å². The van der Waals surface area contributed by atoms with Gasteiger partial charge in [-0.25, -0.2) is 4.98 Å². The molecule has 0 unspecified atom stereocenters. The van der Waals surface area contributed by atoms with E-state index in [0.29, 0.717) is 22.9 Å². The van der Waals surface area contributed by atoms with E-state index in [0.717, 1.165) is 11.0 Å². The first-order valence-electron chi connectivity index (χ1n) is 8.52. The summed E-state index contributed by atoms with van der Waals surface area (Å²) in [5.41, 5.74) is 2.15. The number of para-hydroxylation sites is 2. The molecule has 3 aromatic rings. The molecular formula is C19H18N4O4. The molecule has 4 rings (SSSR count). The quantitative estimate of drug-likeness (QED) is 0.640. The van der Waals surface area contributed by atoms with Crippen LogP contribution in [0.5, 0.6) is 11.5 Å². The smallest absolute Gasteiger partial charge is 0.251 e. The predicted octanol–water partition coefficient (Wildman–Crippen LogP) is 1.90. The van der Waals surface area contributed by atoms with Crippen LogP contribution in [0.25, 0.3) is 11.0 Å². The van der Waals surface area contributed by atoms with Gasteiger partial charge < -0.3 is 25.1 Å². The summed E-state index contributed by atoms with van der Waals surface area (Å²) in [6.45, 7) is 1.83. The molecule has 0 aliphatic carbocycles. The molecule has 1 aliphatic rings. The van der Waals surface area contributed by atoms with Crippen LogP contribution in [0.2, 0.25) is 0 Å². The first kappa shape index (κ1) is 16.9. The number of carbonyl (C=O) groups excluding carboxylic acids is 2. The summed E-state index contributed by atoms with van der Waals surface area (Å²) in [5.74, 6) is 1.11. The van der Waals surface area contributed by atoms with Gasteiger partial charge in [0.15, 0.2) is 11.5 Å². The van der Waals surface area contributed by atoms with E-state index in [1.54, 1.807) is 18.2 Å². The van der Waals surface area contributed by atoms with Crippen LogP contribution in [0, 0.1) is 0 Å².